The maximum absolute atomic E-state index is 5.04. The molecule has 17 heavy (non-hydrogen) atoms. The number of methoxy groups -OCH3 is 1. The molecule has 1 N–H and O–H groups in total. The Bertz CT molecular complexity index is 444. The maximum Gasteiger partial charge on any atom is 0.321 e. The molecule has 0 saturated heterocycles. The van der Waals surface area contributed by atoms with Crippen molar-refractivity contribution in [1.82, 2.24) is 15.1 Å². The van der Waals surface area contributed by atoms with Crippen molar-refractivity contribution in [3.8, 4) is 0 Å². The van der Waals surface area contributed by atoms with Crippen molar-refractivity contribution in [2.45, 2.75) is 6.42 Å². The monoisotopic (exact) mass is 234 g/mol. The van der Waals surface area contributed by atoms with Gasteiger partial charge < -0.3 is 14.6 Å². The number of ether oxygens (including phenoxy) is 1. The van der Waals surface area contributed by atoms with E-state index in [1.165, 1.54) is 0 Å². The van der Waals surface area contributed by atoms with Crippen molar-refractivity contribution in [2.24, 2.45) is 0 Å². The summed E-state index contributed by atoms with van der Waals surface area (Å²) >= 11 is 0. The molecule has 2 heterocycles. The minimum Gasteiger partial charge on any atom is -0.383 e. The molecule has 2 aromatic heterocycles. The smallest absolute Gasteiger partial charge is 0.321 e. The molecule has 0 aromatic carbocycles. The van der Waals surface area contributed by atoms with Gasteiger partial charge in [-0.05, 0) is 11.6 Å². The van der Waals surface area contributed by atoms with Gasteiger partial charge in [-0.25, -0.2) is 0 Å². The highest BCUT2D eigenvalue weighted by Gasteiger charge is 2.06. The van der Waals surface area contributed by atoms with Crippen molar-refractivity contribution in [3.05, 3.63) is 35.9 Å². The van der Waals surface area contributed by atoms with E-state index in [0.717, 1.165) is 5.56 Å². The standard InChI is InChI=1S/C11H14N4O2/c1-16-6-5-13-11-14-10(15-17-11)7-9-3-2-4-12-8-9/h2-4,8H,5-7H2,1H3,(H,13,14,15). The summed E-state index contributed by atoms with van der Waals surface area (Å²) in [5.74, 6) is 0.637. The lowest BCUT2D eigenvalue weighted by molar-refractivity contribution is 0.210. The van der Waals surface area contributed by atoms with Gasteiger partial charge in [-0.3, -0.25) is 4.98 Å². The second kappa shape index (κ2) is 5.95. The fourth-order valence-electron chi connectivity index (χ4n) is 1.34. The number of nitrogens with zero attached hydrogens (tertiary/aromatic N) is 3. The summed E-state index contributed by atoms with van der Waals surface area (Å²) in [6.07, 6.45) is 4.13. The molecule has 0 saturated carbocycles. The highest BCUT2D eigenvalue weighted by molar-refractivity contribution is 5.21. The van der Waals surface area contributed by atoms with Gasteiger partial charge in [0.2, 0.25) is 0 Å². The van der Waals surface area contributed by atoms with Crippen LogP contribution in [0.3, 0.4) is 0 Å². The van der Waals surface area contributed by atoms with Crippen LogP contribution < -0.4 is 5.32 Å². The van der Waals surface area contributed by atoms with E-state index in [2.05, 4.69) is 20.4 Å². The minimum absolute atomic E-state index is 0.418. The second-order valence-corrected chi connectivity index (χ2v) is 3.47. The van der Waals surface area contributed by atoms with E-state index in [9.17, 15) is 0 Å². The van der Waals surface area contributed by atoms with Crippen LogP contribution in [-0.2, 0) is 11.2 Å². The molecule has 0 radical (unpaired) electrons. The first-order valence-electron chi connectivity index (χ1n) is 5.33. The summed E-state index contributed by atoms with van der Waals surface area (Å²) in [6, 6.07) is 4.27. The van der Waals surface area contributed by atoms with Crippen molar-refractivity contribution in [2.75, 3.05) is 25.6 Å². The lowest BCUT2D eigenvalue weighted by atomic mass is 10.2. The Kier molecular flexibility index (Phi) is 4.04. The Morgan fingerprint density at radius 3 is 3.18 bits per heavy atom. The van der Waals surface area contributed by atoms with Crippen molar-refractivity contribution >= 4 is 6.01 Å². The number of hydrogen-bond acceptors (Lipinski definition) is 6. The molecule has 0 atom stereocenters. The Labute approximate surface area is 99.0 Å². The van der Waals surface area contributed by atoms with Crippen molar-refractivity contribution in [1.29, 1.82) is 0 Å². The Morgan fingerprint density at radius 1 is 1.47 bits per heavy atom. The maximum atomic E-state index is 5.04. The molecule has 2 rings (SSSR count). The van der Waals surface area contributed by atoms with E-state index in [-0.39, 0.29) is 0 Å². The number of rotatable bonds is 6. The van der Waals surface area contributed by atoms with Gasteiger partial charge >= 0.3 is 6.01 Å². The van der Waals surface area contributed by atoms with Gasteiger partial charge in [0, 0.05) is 32.5 Å². The fourth-order valence-corrected chi connectivity index (χ4v) is 1.34. The molecule has 0 unspecified atom stereocenters. The third-order valence-electron chi connectivity index (χ3n) is 2.14. The van der Waals surface area contributed by atoms with Crippen LogP contribution >= 0.6 is 0 Å². The van der Waals surface area contributed by atoms with Crippen LogP contribution in [0.5, 0.6) is 0 Å². The highest BCUT2D eigenvalue weighted by Crippen LogP contribution is 2.07. The van der Waals surface area contributed by atoms with E-state index in [4.69, 9.17) is 9.26 Å². The van der Waals surface area contributed by atoms with Gasteiger partial charge in [0.25, 0.3) is 0 Å². The first kappa shape index (κ1) is 11.5. The molecule has 6 heteroatoms. The Hall–Kier alpha value is -1.95. The summed E-state index contributed by atoms with van der Waals surface area (Å²) in [6.45, 7) is 1.24. The zero-order valence-corrected chi connectivity index (χ0v) is 9.59. The number of hydrogen-bond donors (Lipinski definition) is 1. The van der Waals surface area contributed by atoms with Gasteiger partial charge in [-0.1, -0.05) is 11.2 Å². The van der Waals surface area contributed by atoms with Crippen LogP contribution in [0.1, 0.15) is 11.4 Å². The third-order valence-corrected chi connectivity index (χ3v) is 2.14. The van der Waals surface area contributed by atoms with E-state index in [1.807, 2.05) is 12.1 Å². The first-order valence-corrected chi connectivity index (χ1v) is 5.33. The van der Waals surface area contributed by atoms with E-state index in [1.54, 1.807) is 19.5 Å². The molecule has 0 aliphatic carbocycles. The predicted molar refractivity (Wildman–Crippen MR) is 61.7 cm³/mol. The number of pyridine rings is 1. The zero-order chi connectivity index (χ0) is 11.9. The van der Waals surface area contributed by atoms with E-state index >= 15 is 0 Å². The number of anilines is 1. The zero-order valence-electron chi connectivity index (χ0n) is 9.59. The lowest BCUT2D eigenvalue weighted by Gasteiger charge is -1.97. The van der Waals surface area contributed by atoms with Crippen molar-refractivity contribution in [3.63, 3.8) is 0 Å². The molecule has 0 amide bonds. The molecule has 2 aromatic rings. The number of nitrogens with one attached hydrogen (secondary N) is 1. The van der Waals surface area contributed by atoms with Crippen LogP contribution in [0.25, 0.3) is 0 Å². The van der Waals surface area contributed by atoms with Gasteiger partial charge in [0.05, 0.1) is 6.61 Å². The molecule has 0 bridgehead atoms. The Balaban J connectivity index is 1.90. The summed E-state index contributed by atoms with van der Waals surface area (Å²) in [7, 11) is 1.64. The molecular weight excluding hydrogens is 220 g/mol. The van der Waals surface area contributed by atoms with Crippen molar-refractivity contribution < 1.29 is 9.26 Å². The van der Waals surface area contributed by atoms with Gasteiger partial charge in [-0.2, -0.15) is 4.98 Å². The predicted octanol–water partition coefficient (Wildman–Crippen LogP) is 1.11. The molecule has 0 aliphatic heterocycles. The van der Waals surface area contributed by atoms with Crippen LogP contribution in [0.2, 0.25) is 0 Å². The van der Waals surface area contributed by atoms with Gasteiger partial charge in [0.1, 0.15) is 0 Å². The SMILES string of the molecule is COCCNc1nc(Cc2cccnc2)no1. The fraction of sp³-hybridized carbons (Fsp3) is 0.364. The molecule has 90 valence electrons. The van der Waals surface area contributed by atoms with E-state index in [0.29, 0.717) is 31.4 Å². The average Bonchev–Trinajstić information content (AvgIpc) is 2.79. The summed E-state index contributed by atoms with van der Waals surface area (Å²) in [5, 5.41) is 6.84. The topological polar surface area (TPSA) is 73.1 Å². The van der Waals surface area contributed by atoms with Crippen LogP contribution in [0.4, 0.5) is 6.01 Å². The van der Waals surface area contributed by atoms with Crippen LogP contribution in [-0.4, -0.2) is 35.4 Å². The summed E-state index contributed by atoms with van der Waals surface area (Å²) < 4.78 is 9.94. The average molecular weight is 234 g/mol. The molecular formula is C11H14N4O2. The highest BCUT2D eigenvalue weighted by atomic mass is 16.5. The third kappa shape index (κ3) is 3.53. The normalized spacial score (nSPS) is 10.4. The number of aromatic nitrogens is 3. The lowest BCUT2D eigenvalue weighted by Crippen LogP contribution is -2.07. The molecule has 0 spiro atoms. The van der Waals surface area contributed by atoms with Crippen LogP contribution in [0.15, 0.2) is 29.0 Å². The van der Waals surface area contributed by atoms with Crippen LogP contribution in [0, 0.1) is 0 Å². The Morgan fingerprint density at radius 2 is 2.41 bits per heavy atom. The van der Waals surface area contributed by atoms with Gasteiger partial charge in [0.15, 0.2) is 5.82 Å². The largest absolute Gasteiger partial charge is 0.383 e. The van der Waals surface area contributed by atoms with Gasteiger partial charge in [-0.15, -0.1) is 0 Å². The summed E-state index contributed by atoms with van der Waals surface area (Å²) in [4.78, 5) is 8.24. The summed E-state index contributed by atoms with van der Waals surface area (Å²) in [5.41, 5.74) is 1.05. The molecule has 0 aliphatic rings. The molecule has 6 nitrogen and oxygen atoms in total. The minimum atomic E-state index is 0.418. The second-order valence-electron chi connectivity index (χ2n) is 3.47. The first-order chi connectivity index (χ1) is 8.38. The quantitative estimate of drug-likeness (QED) is 0.755. The molecule has 0 fully saturated rings. The van der Waals surface area contributed by atoms with E-state index < -0.39 is 0 Å².